The average Bonchev–Trinajstić information content (AvgIpc) is 3.21. The highest BCUT2D eigenvalue weighted by atomic mass is 16.5. The summed E-state index contributed by atoms with van der Waals surface area (Å²) in [4.78, 5) is 29.1. The van der Waals surface area contributed by atoms with E-state index in [1.165, 1.54) is 13.4 Å². The Labute approximate surface area is 116 Å². The van der Waals surface area contributed by atoms with Gasteiger partial charge in [0, 0.05) is 19.6 Å². The van der Waals surface area contributed by atoms with Crippen LogP contribution in [0.15, 0.2) is 10.7 Å². The normalized spacial score (nSPS) is 14.1. The molecule has 0 aromatic carbocycles. The van der Waals surface area contributed by atoms with Gasteiger partial charge in [-0.15, -0.1) is 0 Å². The molecule has 1 fully saturated rings. The van der Waals surface area contributed by atoms with Crippen LogP contribution in [0, 0.1) is 5.92 Å². The molecular weight excluding hydrogens is 264 g/mol. The predicted molar refractivity (Wildman–Crippen MR) is 67.9 cm³/mol. The molecule has 1 aromatic heterocycles. The van der Waals surface area contributed by atoms with Gasteiger partial charge in [-0.1, -0.05) is 0 Å². The molecule has 7 heteroatoms. The number of carbonyl (C=O) groups excluding carboxylic acids is 2. The van der Waals surface area contributed by atoms with Crippen molar-refractivity contribution in [3.63, 3.8) is 0 Å². The van der Waals surface area contributed by atoms with Crippen LogP contribution in [0.2, 0.25) is 0 Å². The van der Waals surface area contributed by atoms with Crippen LogP contribution in [0.4, 0.5) is 0 Å². The Kier molecular flexibility index (Phi) is 4.73. The number of rotatable bonds is 7. The highest BCUT2D eigenvalue weighted by Crippen LogP contribution is 2.31. The van der Waals surface area contributed by atoms with Gasteiger partial charge in [0.1, 0.15) is 6.26 Å². The summed E-state index contributed by atoms with van der Waals surface area (Å²) < 4.78 is 14.8. The second kappa shape index (κ2) is 6.51. The van der Waals surface area contributed by atoms with E-state index in [4.69, 9.17) is 9.15 Å². The van der Waals surface area contributed by atoms with Crippen molar-refractivity contribution in [1.82, 2.24) is 9.88 Å². The first-order valence-electron chi connectivity index (χ1n) is 6.46. The fraction of sp³-hybridized carbons (Fsp3) is 0.615. The van der Waals surface area contributed by atoms with Crippen LogP contribution in [0.1, 0.15) is 29.2 Å². The van der Waals surface area contributed by atoms with Gasteiger partial charge in [-0.25, -0.2) is 9.78 Å². The summed E-state index contributed by atoms with van der Waals surface area (Å²) in [6.45, 7) is 1.15. The number of nitrogens with zero attached hydrogens (tertiary/aromatic N) is 2. The maximum absolute atomic E-state index is 12.1. The molecule has 1 amide bonds. The number of esters is 1. The lowest BCUT2D eigenvalue weighted by molar-refractivity contribution is -0.134. The second-order valence-electron chi connectivity index (χ2n) is 4.64. The van der Waals surface area contributed by atoms with Gasteiger partial charge >= 0.3 is 5.97 Å². The van der Waals surface area contributed by atoms with E-state index in [0.29, 0.717) is 19.0 Å². The molecule has 0 bridgehead atoms. The summed E-state index contributed by atoms with van der Waals surface area (Å²) >= 11 is 0. The third-order valence-electron chi connectivity index (χ3n) is 3.08. The van der Waals surface area contributed by atoms with E-state index in [1.54, 1.807) is 12.0 Å². The van der Waals surface area contributed by atoms with Crippen LogP contribution >= 0.6 is 0 Å². The largest absolute Gasteiger partial charge is 0.464 e. The molecule has 7 nitrogen and oxygen atoms in total. The highest BCUT2D eigenvalue weighted by Gasteiger charge is 2.33. The first-order valence-corrected chi connectivity index (χ1v) is 6.46. The number of ether oxygens (including phenoxy) is 2. The Morgan fingerprint density at radius 3 is 2.80 bits per heavy atom. The van der Waals surface area contributed by atoms with Crippen molar-refractivity contribution in [2.75, 3.05) is 27.4 Å². The smallest absolute Gasteiger partial charge is 0.360 e. The molecule has 1 heterocycles. The fourth-order valence-electron chi connectivity index (χ4n) is 1.80. The molecule has 0 unspecified atom stereocenters. The van der Waals surface area contributed by atoms with E-state index in [0.717, 1.165) is 12.8 Å². The number of carbonyl (C=O) groups is 2. The standard InChI is InChI=1S/C13H18N2O5/c1-18-6-5-15(12(16)9-3-4-9)7-11-14-10(8-20-11)13(17)19-2/h8-9H,3-7H2,1-2H3. The van der Waals surface area contributed by atoms with Gasteiger partial charge in [0.05, 0.1) is 20.3 Å². The maximum Gasteiger partial charge on any atom is 0.360 e. The molecule has 0 atom stereocenters. The number of oxazole rings is 1. The Morgan fingerprint density at radius 2 is 2.20 bits per heavy atom. The van der Waals surface area contributed by atoms with Crippen molar-refractivity contribution in [2.45, 2.75) is 19.4 Å². The zero-order valence-corrected chi connectivity index (χ0v) is 11.6. The summed E-state index contributed by atoms with van der Waals surface area (Å²) in [5, 5.41) is 0. The van der Waals surface area contributed by atoms with Gasteiger partial charge in [-0.2, -0.15) is 0 Å². The van der Waals surface area contributed by atoms with Gasteiger partial charge in [0.25, 0.3) is 0 Å². The van der Waals surface area contributed by atoms with Crippen molar-refractivity contribution in [3.8, 4) is 0 Å². The average molecular weight is 282 g/mol. The molecule has 0 saturated heterocycles. The lowest BCUT2D eigenvalue weighted by atomic mass is 10.3. The van der Waals surface area contributed by atoms with E-state index in [9.17, 15) is 9.59 Å². The minimum Gasteiger partial charge on any atom is -0.464 e. The molecule has 1 aromatic rings. The van der Waals surface area contributed by atoms with Crippen LogP contribution in [0.3, 0.4) is 0 Å². The number of hydrogen-bond acceptors (Lipinski definition) is 6. The minimum atomic E-state index is -0.558. The third kappa shape index (κ3) is 3.57. The molecule has 1 aliphatic rings. The van der Waals surface area contributed by atoms with Crippen LogP contribution in [-0.2, 0) is 20.8 Å². The topological polar surface area (TPSA) is 81.9 Å². The fourth-order valence-corrected chi connectivity index (χ4v) is 1.80. The van der Waals surface area contributed by atoms with Gasteiger partial charge in [-0.05, 0) is 12.8 Å². The molecule has 1 saturated carbocycles. The van der Waals surface area contributed by atoms with Crippen LogP contribution < -0.4 is 0 Å². The van der Waals surface area contributed by atoms with Gasteiger partial charge in [0.15, 0.2) is 5.69 Å². The maximum atomic E-state index is 12.1. The monoisotopic (exact) mass is 282 g/mol. The Morgan fingerprint density at radius 1 is 1.45 bits per heavy atom. The van der Waals surface area contributed by atoms with Crippen molar-refractivity contribution in [2.24, 2.45) is 5.92 Å². The molecule has 110 valence electrons. The lowest BCUT2D eigenvalue weighted by Gasteiger charge is -2.20. The number of aromatic nitrogens is 1. The molecule has 1 aliphatic carbocycles. The SMILES string of the molecule is COCCN(Cc1nc(C(=O)OC)co1)C(=O)C1CC1. The molecule has 0 radical (unpaired) electrons. The van der Waals surface area contributed by atoms with Crippen molar-refractivity contribution in [3.05, 3.63) is 17.8 Å². The molecule has 2 rings (SSSR count). The third-order valence-corrected chi connectivity index (χ3v) is 3.08. The van der Waals surface area contributed by atoms with Gasteiger partial charge < -0.3 is 18.8 Å². The number of amides is 1. The zero-order chi connectivity index (χ0) is 14.5. The number of methoxy groups -OCH3 is 2. The Hall–Kier alpha value is -1.89. The summed E-state index contributed by atoms with van der Waals surface area (Å²) in [6.07, 6.45) is 3.10. The summed E-state index contributed by atoms with van der Waals surface area (Å²) in [6, 6.07) is 0. The summed E-state index contributed by atoms with van der Waals surface area (Å²) in [7, 11) is 2.86. The van der Waals surface area contributed by atoms with Crippen LogP contribution in [0.5, 0.6) is 0 Å². The zero-order valence-electron chi connectivity index (χ0n) is 11.6. The van der Waals surface area contributed by atoms with E-state index in [1.807, 2.05) is 0 Å². The summed E-state index contributed by atoms with van der Waals surface area (Å²) in [5.74, 6) is -0.0470. The molecule has 0 N–H and O–H groups in total. The predicted octanol–water partition coefficient (Wildman–Crippen LogP) is 0.846. The van der Waals surface area contributed by atoms with E-state index < -0.39 is 5.97 Å². The first kappa shape index (κ1) is 14.5. The van der Waals surface area contributed by atoms with Gasteiger partial charge in [-0.3, -0.25) is 4.79 Å². The number of hydrogen-bond donors (Lipinski definition) is 0. The second-order valence-corrected chi connectivity index (χ2v) is 4.64. The van der Waals surface area contributed by atoms with Gasteiger partial charge in [0.2, 0.25) is 11.8 Å². The molecule has 20 heavy (non-hydrogen) atoms. The molecule has 0 aliphatic heterocycles. The molecule has 0 spiro atoms. The Bertz CT molecular complexity index is 481. The minimum absolute atomic E-state index is 0.0832. The quantitative estimate of drug-likeness (QED) is 0.689. The molecular formula is C13H18N2O5. The van der Waals surface area contributed by atoms with E-state index >= 15 is 0 Å². The van der Waals surface area contributed by atoms with Crippen molar-refractivity contribution < 1.29 is 23.5 Å². The van der Waals surface area contributed by atoms with Crippen molar-refractivity contribution in [1.29, 1.82) is 0 Å². The lowest BCUT2D eigenvalue weighted by Crippen LogP contribution is -2.34. The summed E-state index contributed by atoms with van der Waals surface area (Å²) in [5.41, 5.74) is 0.105. The van der Waals surface area contributed by atoms with E-state index in [2.05, 4.69) is 9.72 Å². The van der Waals surface area contributed by atoms with Crippen LogP contribution in [0.25, 0.3) is 0 Å². The highest BCUT2D eigenvalue weighted by molar-refractivity contribution is 5.86. The Balaban J connectivity index is 2.00. The van der Waals surface area contributed by atoms with Crippen LogP contribution in [-0.4, -0.2) is 49.1 Å². The first-order chi connectivity index (χ1) is 9.65. The van der Waals surface area contributed by atoms with E-state index in [-0.39, 0.29) is 24.1 Å². The van der Waals surface area contributed by atoms with Crippen molar-refractivity contribution >= 4 is 11.9 Å².